The van der Waals surface area contributed by atoms with Crippen LogP contribution in [0.5, 0.6) is 0 Å². The van der Waals surface area contributed by atoms with E-state index < -0.39 is 12.1 Å². The fourth-order valence-electron chi connectivity index (χ4n) is 3.54. The van der Waals surface area contributed by atoms with Crippen LogP contribution in [0.15, 0.2) is 66.7 Å². The lowest BCUT2D eigenvalue weighted by Gasteiger charge is -2.15. The number of fused-ring (bicyclic) bond motifs is 3. The number of carboxylic acids is 1. The van der Waals surface area contributed by atoms with Crippen molar-refractivity contribution in [3.05, 3.63) is 88.4 Å². The van der Waals surface area contributed by atoms with Gasteiger partial charge in [0.25, 0.3) is 0 Å². The number of amides is 1. The number of aromatic carboxylic acids is 1. The van der Waals surface area contributed by atoms with Crippen molar-refractivity contribution in [3.8, 4) is 11.1 Å². The van der Waals surface area contributed by atoms with Gasteiger partial charge in [0, 0.05) is 5.92 Å². The highest BCUT2D eigenvalue weighted by atomic mass is 35.5. The van der Waals surface area contributed by atoms with E-state index >= 15 is 0 Å². The molecule has 1 aliphatic rings. The number of carbonyl (C=O) groups excluding carboxylic acids is 1. The second-order valence-corrected chi connectivity index (χ2v) is 6.80. The standard InChI is InChI=1S/C22H16ClNO4/c23-20-17(21(25)26)10-5-11-19(20)24-22(27)28-12-18-15-8-3-1-6-13(15)14-7-2-4-9-16(14)18/h1-11,18H,12H2,(H,24,27)(H,25,26). The molecule has 3 aromatic carbocycles. The summed E-state index contributed by atoms with van der Waals surface area (Å²) in [6, 6.07) is 20.5. The number of benzene rings is 3. The predicted octanol–water partition coefficient (Wildman–Crippen LogP) is 5.40. The molecule has 5 nitrogen and oxygen atoms in total. The van der Waals surface area contributed by atoms with E-state index in [1.807, 2.05) is 36.4 Å². The molecule has 2 N–H and O–H groups in total. The number of halogens is 1. The van der Waals surface area contributed by atoms with Crippen molar-refractivity contribution in [2.75, 3.05) is 11.9 Å². The number of nitrogens with one attached hydrogen (secondary N) is 1. The number of carbonyl (C=O) groups is 2. The fraction of sp³-hybridized carbons (Fsp3) is 0.0909. The van der Waals surface area contributed by atoms with Crippen LogP contribution in [-0.2, 0) is 4.74 Å². The Kier molecular flexibility index (Phi) is 4.75. The van der Waals surface area contributed by atoms with Crippen LogP contribution < -0.4 is 5.32 Å². The van der Waals surface area contributed by atoms with E-state index in [2.05, 4.69) is 17.4 Å². The first kappa shape index (κ1) is 18.1. The van der Waals surface area contributed by atoms with Crippen molar-refractivity contribution in [3.63, 3.8) is 0 Å². The average molecular weight is 394 g/mol. The van der Waals surface area contributed by atoms with Crippen LogP contribution in [0, 0.1) is 0 Å². The van der Waals surface area contributed by atoms with Crippen LogP contribution in [0.25, 0.3) is 11.1 Å². The van der Waals surface area contributed by atoms with Crippen molar-refractivity contribution in [2.45, 2.75) is 5.92 Å². The maximum Gasteiger partial charge on any atom is 0.411 e. The summed E-state index contributed by atoms with van der Waals surface area (Å²) in [5.41, 5.74) is 4.62. The van der Waals surface area contributed by atoms with E-state index in [4.69, 9.17) is 21.4 Å². The summed E-state index contributed by atoms with van der Waals surface area (Å²) in [4.78, 5) is 23.5. The molecule has 4 rings (SSSR count). The highest BCUT2D eigenvalue weighted by Gasteiger charge is 2.29. The highest BCUT2D eigenvalue weighted by Crippen LogP contribution is 2.44. The molecule has 0 saturated heterocycles. The maximum absolute atomic E-state index is 12.3. The molecule has 140 valence electrons. The topological polar surface area (TPSA) is 75.6 Å². The van der Waals surface area contributed by atoms with Crippen molar-refractivity contribution in [1.29, 1.82) is 0 Å². The molecule has 0 bridgehead atoms. The van der Waals surface area contributed by atoms with Gasteiger partial charge in [-0.25, -0.2) is 9.59 Å². The summed E-state index contributed by atoms with van der Waals surface area (Å²) >= 11 is 6.06. The van der Waals surface area contributed by atoms with Gasteiger partial charge in [0.05, 0.1) is 16.3 Å². The van der Waals surface area contributed by atoms with Gasteiger partial charge in [0.15, 0.2) is 0 Å². The van der Waals surface area contributed by atoms with E-state index in [0.29, 0.717) is 0 Å². The molecule has 1 aliphatic carbocycles. The Morgan fingerprint density at radius 1 is 0.929 bits per heavy atom. The van der Waals surface area contributed by atoms with E-state index in [-0.39, 0.29) is 28.8 Å². The molecule has 28 heavy (non-hydrogen) atoms. The summed E-state index contributed by atoms with van der Waals surface area (Å²) < 4.78 is 5.44. The summed E-state index contributed by atoms with van der Waals surface area (Å²) in [5, 5.41) is 11.6. The Hall–Kier alpha value is -3.31. The van der Waals surface area contributed by atoms with Crippen LogP contribution in [0.4, 0.5) is 10.5 Å². The molecular weight excluding hydrogens is 378 g/mol. The Morgan fingerprint density at radius 3 is 2.14 bits per heavy atom. The van der Waals surface area contributed by atoms with Gasteiger partial charge in [-0.05, 0) is 34.4 Å². The first-order valence-electron chi connectivity index (χ1n) is 8.70. The normalized spacial score (nSPS) is 12.2. The van der Waals surface area contributed by atoms with E-state index in [0.717, 1.165) is 22.3 Å². The maximum atomic E-state index is 12.3. The van der Waals surface area contributed by atoms with E-state index in [1.54, 1.807) is 0 Å². The van der Waals surface area contributed by atoms with Gasteiger partial charge in [0.1, 0.15) is 6.61 Å². The average Bonchev–Trinajstić information content (AvgIpc) is 3.02. The summed E-state index contributed by atoms with van der Waals surface area (Å²) in [6.45, 7) is 0.163. The smallest absolute Gasteiger partial charge is 0.411 e. The molecule has 1 amide bonds. The summed E-state index contributed by atoms with van der Waals surface area (Å²) in [7, 11) is 0. The van der Waals surface area contributed by atoms with Gasteiger partial charge in [-0.1, -0.05) is 66.2 Å². The van der Waals surface area contributed by atoms with Crippen LogP contribution >= 0.6 is 11.6 Å². The lowest BCUT2D eigenvalue weighted by atomic mass is 9.98. The van der Waals surface area contributed by atoms with Gasteiger partial charge in [-0.2, -0.15) is 0 Å². The first-order valence-corrected chi connectivity index (χ1v) is 9.08. The lowest BCUT2D eigenvalue weighted by Crippen LogP contribution is -2.18. The van der Waals surface area contributed by atoms with E-state index in [1.165, 1.54) is 18.2 Å². The van der Waals surface area contributed by atoms with Gasteiger partial charge >= 0.3 is 12.1 Å². The third-order valence-electron chi connectivity index (χ3n) is 4.81. The van der Waals surface area contributed by atoms with Crippen molar-refractivity contribution in [2.24, 2.45) is 0 Å². The van der Waals surface area contributed by atoms with Crippen LogP contribution in [-0.4, -0.2) is 23.8 Å². The molecule has 0 atom stereocenters. The Labute approximate surface area is 166 Å². The monoisotopic (exact) mass is 393 g/mol. The highest BCUT2D eigenvalue weighted by molar-refractivity contribution is 6.36. The van der Waals surface area contributed by atoms with Crippen LogP contribution in [0.3, 0.4) is 0 Å². The van der Waals surface area contributed by atoms with Crippen LogP contribution in [0.2, 0.25) is 5.02 Å². The summed E-state index contributed by atoms with van der Waals surface area (Å²) in [6.07, 6.45) is -0.689. The van der Waals surface area contributed by atoms with Crippen molar-refractivity contribution < 1.29 is 19.4 Å². The number of rotatable bonds is 4. The third-order valence-corrected chi connectivity index (χ3v) is 5.22. The van der Waals surface area contributed by atoms with Gasteiger partial charge < -0.3 is 9.84 Å². The fourth-order valence-corrected chi connectivity index (χ4v) is 3.79. The zero-order valence-corrected chi connectivity index (χ0v) is 15.4. The van der Waals surface area contributed by atoms with Gasteiger partial charge in [-0.3, -0.25) is 5.32 Å². The molecular formula is C22H16ClNO4. The first-order chi connectivity index (χ1) is 13.6. The number of ether oxygens (including phenoxy) is 1. The Morgan fingerprint density at radius 2 is 1.54 bits per heavy atom. The number of hydrogen-bond donors (Lipinski definition) is 2. The quantitative estimate of drug-likeness (QED) is 0.622. The van der Waals surface area contributed by atoms with Crippen molar-refractivity contribution in [1.82, 2.24) is 0 Å². The molecule has 0 heterocycles. The minimum atomic E-state index is -1.17. The Bertz CT molecular complexity index is 1030. The number of hydrogen-bond acceptors (Lipinski definition) is 3. The third kappa shape index (κ3) is 3.21. The lowest BCUT2D eigenvalue weighted by molar-refractivity contribution is 0.0697. The Balaban J connectivity index is 1.50. The molecule has 3 aromatic rings. The van der Waals surface area contributed by atoms with Gasteiger partial charge in [0.2, 0.25) is 0 Å². The molecule has 0 spiro atoms. The zero-order chi connectivity index (χ0) is 19.7. The molecule has 0 unspecified atom stereocenters. The number of carboxylic acid groups (broad SMARTS) is 1. The largest absolute Gasteiger partial charge is 0.478 e. The summed E-state index contributed by atoms with van der Waals surface area (Å²) in [5.74, 6) is -1.22. The number of anilines is 1. The molecule has 0 aromatic heterocycles. The minimum Gasteiger partial charge on any atom is -0.478 e. The molecule has 0 aliphatic heterocycles. The minimum absolute atomic E-state index is 0.0384. The SMILES string of the molecule is O=C(Nc1cccc(C(=O)O)c1Cl)OCC1c2ccccc2-c2ccccc21. The molecule has 0 saturated carbocycles. The van der Waals surface area contributed by atoms with E-state index in [9.17, 15) is 9.59 Å². The second-order valence-electron chi connectivity index (χ2n) is 6.42. The molecule has 6 heteroatoms. The predicted molar refractivity (Wildman–Crippen MR) is 107 cm³/mol. The zero-order valence-electron chi connectivity index (χ0n) is 14.7. The molecule has 0 radical (unpaired) electrons. The second kappa shape index (κ2) is 7.37. The van der Waals surface area contributed by atoms with Crippen LogP contribution in [0.1, 0.15) is 27.4 Å². The van der Waals surface area contributed by atoms with Crippen molar-refractivity contribution >= 4 is 29.4 Å². The molecule has 0 fully saturated rings. The van der Waals surface area contributed by atoms with Gasteiger partial charge in [-0.15, -0.1) is 0 Å².